The smallest absolute Gasteiger partial charge is 0.319 e. The molecule has 3 nitrogen and oxygen atoms in total. The van der Waals surface area contributed by atoms with Crippen LogP contribution in [0.5, 0.6) is 0 Å². The zero-order valence-corrected chi connectivity index (χ0v) is 12.0. The van der Waals surface area contributed by atoms with Gasteiger partial charge in [0.1, 0.15) is 0 Å². The van der Waals surface area contributed by atoms with Gasteiger partial charge in [0, 0.05) is 15.0 Å². The lowest BCUT2D eigenvalue weighted by molar-refractivity contribution is -0.141. The van der Waals surface area contributed by atoms with E-state index in [9.17, 15) is 4.79 Å². The Labute approximate surface area is 99.3 Å². The molecule has 92 valence electrons. The predicted molar refractivity (Wildman–Crippen MR) is 69.3 cm³/mol. The maximum atomic E-state index is 10.8. The molecule has 2 atom stereocenters. The monoisotopic (exact) mass is 241 g/mol. The zero-order valence-electron chi connectivity index (χ0n) is 11.0. The van der Waals surface area contributed by atoms with E-state index in [1.807, 2.05) is 0 Å². The molecule has 0 aromatic rings. The minimum atomic E-state index is -1.14. The summed E-state index contributed by atoms with van der Waals surface area (Å²) in [7, 11) is -1.14. The molecule has 1 aliphatic carbocycles. The van der Waals surface area contributed by atoms with E-state index in [-0.39, 0.29) is 5.97 Å². The van der Waals surface area contributed by atoms with Crippen LogP contribution < -0.4 is 0 Å². The number of rotatable bonds is 2. The minimum Gasteiger partial charge on any atom is -0.319 e. The second-order valence-corrected chi connectivity index (χ2v) is 11.3. The molecular formula is C12H23NO2Si. The van der Waals surface area contributed by atoms with Crippen molar-refractivity contribution in [2.45, 2.75) is 58.3 Å². The number of oxime groups is 1. The largest absolute Gasteiger partial charge is 0.331 e. The molecule has 0 bridgehead atoms. The third kappa shape index (κ3) is 3.44. The molecule has 0 spiro atoms. The van der Waals surface area contributed by atoms with Crippen LogP contribution in [0.2, 0.25) is 25.2 Å². The molecule has 0 aliphatic heterocycles. The van der Waals surface area contributed by atoms with Gasteiger partial charge in [0.2, 0.25) is 0 Å². The molecule has 0 saturated heterocycles. The topological polar surface area (TPSA) is 38.7 Å². The molecule has 0 amide bonds. The van der Waals surface area contributed by atoms with Gasteiger partial charge in [-0.2, -0.15) is 0 Å². The second-order valence-electron chi connectivity index (χ2n) is 5.82. The SMILES string of the molecule is CC(=O)O/N=C1\CCC[C@H]([Si](C)(C)C)[C@@H]1C. The number of hydrogen-bond donors (Lipinski definition) is 0. The molecule has 1 rings (SSSR count). The Kier molecular flexibility index (Phi) is 4.30. The summed E-state index contributed by atoms with van der Waals surface area (Å²) in [6, 6.07) is 0. The van der Waals surface area contributed by atoms with E-state index in [0.717, 1.165) is 17.7 Å². The second kappa shape index (κ2) is 5.12. The van der Waals surface area contributed by atoms with E-state index < -0.39 is 8.07 Å². The fourth-order valence-electron chi connectivity index (χ4n) is 2.65. The number of carbonyl (C=O) groups excluding carboxylic acids is 1. The Hall–Kier alpha value is -0.643. The van der Waals surface area contributed by atoms with Crippen LogP contribution >= 0.6 is 0 Å². The van der Waals surface area contributed by atoms with Crippen LogP contribution in [0.3, 0.4) is 0 Å². The van der Waals surface area contributed by atoms with Crippen LogP contribution in [0.4, 0.5) is 0 Å². The average Bonchev–Trinajstić information content (AvgIpc) is 2.14. The number of nitrogens with zero attached hydrogens (tertiary/aromatic N) is 1. The summed E-state index contributed by atoms with van der Waals surface area (Å²) in [6.07, 6.45) is 3.46. The summed E-state index contributed by atoms with van der Waals surface area (Å²) in [5, 5.41) is 4.02. The fourth-order valence-corrected chi connectivity index (χ4v) is 5.41. The van der Waals surface area contributed by atoms with E-state index in [1.54, 1.807) is 0 Å². The number of carbonyl (C=O) groups is 1. The summed E-state index contributed by atoms with van der Waals surface area (Å²) in [5.41, 5.74) is 1.84. The first kappa shape index (κ1) is 13.4. The highest BCUT2D eigenvalue weighted by Crippen LogP contribution is 2.40. The van der Waals surface area contributed by atoms with Gasteiger partial charge in [0.15, 0.2) is 0 Å². The molecular weight excluding hydrogens is 218 g/mol. The van der Waals surface area contributed by atoms with E-state index in [4.69, 9.17) is 4.84 Å². The Balaban J connectivity index is 2.75. The molecule has 1 fully saturated rings. The van der Waals surface area contributed by atoms with Gasteiger partial charge in [-0.25, -0.2) is 4.79 Å². The molecule has 1 aliphatic rings. The van der Waals surface area contributed by atoms with Crippen molar-refractivity contribution in [1.82, 2.24) is 0 Å². The van der Waals surface area contributed by atoms with Crippen LogP contribution in [0, 0.1) is 5.92 Å². The molecule has 0 heterocycles. The van der Waals surface area contributed by atoms with Gasteiger partial charge in [-0.1, -0.05) is 38.1 Å². The van der Waals surface area contributed by atoms with Crippen LogP contribution in [0.1, 0.15) is 33.1 Å². The average molecular weight is 241 g/mol. The molecule has 0 N–H and O–H groups in total. The van der Waals surface area contributed by atoms with Gasteiger partial charge < -0.3 is 4.84 Å². The van der Waals surface area contributed by atoms with Gasteiger partial charge in [0.05, 0.1) is 5.71 Å². The summed E-state index contributed by atoms with van der Waals surface area (Å²) >= 11 is 0. The van der Waals surface area contributed by atoms with Crippen LogP contribution in [0.25, 0.3) is 0 Å². The number of hydrogen-bond acceptors (Lipinski definition) is 3. The summed E-state index contributed by atoms with van der Waals surface area (Å²) in [6.45, 7) is 10.8. The van der Waals surface area contributed by atoms with Crippen molar-refractivity contribution in [3.8, 4) is 0 Å². The molecule has 16 heavy (non-hydrogen) atoms. The van der Waals surface area contributed by atoms with Crippen molar-refractivity contribution in [2.24, 2.45) is 11.1 Å². The van der Waals surface area contributed by atoms with E-state index in [0.29, 0.717) is 5.92 Å². The van der Waals surface area contributed by atoms with Gasteiger partial charge >= 0.3 is 5.97 Å². The van der Waals surface area contributed by atoms with E-state index in [2.05, 4.69) is 31.7 Å². The summed E-state index contributed by atoms with van der Waals surface area (Å²) in [5.74, 6) is 0.148. The highest BCUT2D eigenvalue weighted by atomic mass is 28.3. The van der Waals surface area contributed by atoms with Gasteiger partial charge in [-0.3, -0.25) is 0 Å². The molecule has 0 unspecified atom stereocenters. The minimum absolute atomic E-state index is 0.324. The summed E-state index contributed by atoms with van der Waals surface area (Å²) < 4.78 is 0. The highest BCUT2D eigenvalue weighted by Gasteiger charge is 2.36. The Bertz CT molecular complexity index is 294. The van der Waals surface area contributed by atoms with Crippen molar-refractivity contribution < 1.29 is 9.63 Å². The normalized spacial score (nSPS) is 29.2. The molecule has 0 radical (unpaired) electrons. The maximum Gasteiger partial charge on any atom is 0.331 e. The van der Waals surface area contributed by atoms with Crippen molar-refractivity contribution in [2.75, 3.05) is 0 Å². The quantitative estimate of drug-likeness (QED) is 0.422. The lowest BCUT2D eigenvalue weighted by Gasteiger charge is -2.37. The standard InChI is InChI=1S/C12H23NO2Si/c1-9-11(13-15-10(2)14)7-6-8-12(9)16(3,4)5/h9,12H,6-8H2,1-5H3/b13-11+/t9-,12+/m1/s1. The van der Waals surface area contributed by atoms with Crippen molar-refractivity contribution in [1.29, 1.82) is 0 Å². The Morgan fingerprint density at radius 3 is 2.56 bits per heavy atom. The highest BCUT2D eigenvalue weighted by molar-refractivity contribution is 6.77. The third-order valence-electron chi connectivity index (χ3n) is 3.48. The van der Waals surface area contributed by atoms with Crippen molar-refractivity contribution in [3.05, 3.63) is 0 Å². The van der Waals surface area contributed by atoms with Crippen LogP contribution in [0.15, 0.2) is 5.16 Å². The first-order chi connectivity index (χ1) is 7.32. The van der Waals surface area contributed by atoms with Crippen molar-refractivity contribution >= 4 is 19.8 Å². The first-order valence-electron chi connectivity index (χ1n) is 6.06. The molecule has 1 saturated carbocycles. The molecule has 0 aromatic heterocycles. The van der Waals surface area contributed by atoms with Gasteiger partial charge in [-0.15, -0.1) is 0 Å². The first-order valence-corrected chi connectivity index (χ1v) is 9.64. The van der Waals surface area contributed by atoms with Gasteiger partial charge in [0.25, 0.3) is 0 Å². The van der Waals surface area contributed by atoms with Crippen LogP contribution in [-0.4, -0.2) is 19.8 Å². The fraction of sp³-hybridized carbons (Fsp3) is 0.833. The zero-order chi connectivity index (χ0) is 12.3. The van der Waals surface area contributed by atoms with E-state index >= 15 is 0 Å². The molecule has 4 heteroatoms. The third-order valence-corrected chi connectivity index (χ3v) is 6.49. The van der Waals surface area contributed by atoms with Crippen molar-refractivity contribution in [3.63, 3.8) is 0 Å². The van der Waals surface area contributed by atoms with Crippen LogP contribution in [-0.2, 0) is 9.63 Å². The lowest BCUT2D eigenvalue weighted by Crippen LogP contribution is -2.38. The predicted octanol–water partition coefficient (Wildman–Crippen LogP) is 3.43. The van der Waals surface area contributed by atoms with Gasteiger partial charge in [-0.05, 0) is 24.3 Å². The Morgan fingerprint density at radius 2 is 2.06 bits per heavy atom. The summed E-state index contributed by atoms with van der Waals surface area (Å²) in [4.78, 5) is 15.5. The Morgan fingerprint density at radius 1 is 1.44 bits per heavy atom. The lowest BCUT2D eigenvalue weighted by atomic mass is 9.88. The maximum absolute atomic E-state index is 10.8. The van der Waals surface area contributed by atoms with E-state index in [1.165, 1.54) is 19.8 Å². The molecule has 0 aromatic carbocycles.